The number of anilines is 1. The number of carbonyl (C=O) groups is 2. The first-order valence-corrected chi connectivity index (χ1v) is 9.48. The molecule has 0 saturated heterocycles. The molecular formula is C19H21ClN2O3S. The van der Waals surface area contributed by atoms with Crippen LogP contribution in [0, 0.1) is 0 Å². The Morgan fingerprint density at radius 3 is 2.65 bits per heavy atom. The van der Waals surface area contributed by atoms with Gasteiger partial charge in [-0.15, -0.1) is 11.8 Å². The lowest BCUT2D eigenvalue weighted by Crippen LogP contribution is -2.38. The van der Waals surface area contributed by atoms with Gasteiger partial charge in [-0.2, -0.15) is 0 Å². The van der Waals surface area contributed by atoms with Crippen molar-refractivity contribution in [3.05, 3.63) is 53.6 Å². The van der Waals surface area contributed by atoms with Crippen LogP contribution in [-0.2, 0) is 9.59 Å². The molecule has 0 heterocycles. The Kier molecular flexibility index (Phi) is 7.81. The molecule has 0 aromatic heterocycles. The molecule has 0 fully saturated rings. The quantitative estimate of drug-likeness (QED) is 0.691. The fourth-order valence-electron chi connectivity index (χ4n) is 2.24. The van der Waals surface area contributed by atoms with Crippen molar-refractivity contribution in [2.75, 3.05) is 31.3 Å². The Balaban J connectivity index is 1.89. The molecule has 0 spiro atoms. The summed E-state index contributed by atoms with van der Waals surface area (Å²) in [5.74, 6) is 0.515. The van der Waals surface area contributed by atoms with Gasteiger partial charge in [-0.25, -0.2) is 0 Å². The average molecular weight is 393 g/mol. The van der Waals surface area contributed by atoms with Gasteiger partial charge in [0.05, 0.1) is 24.4 Å². The van der Waals surface area contributed by atoms with Crippen molar-refractivity contribution in [2.45, 2.75) is 11.8 Å². The third-order valence-corrected chi connectivity index (χ3v) is 5.11. The predicted octanol–water partition coefficient (Wildman–Crippen LogP) is 3.93. The molecule has 0 aliphatic heterocycles. The van der Waals surface area contributed by atoms with Crippen LogP contribution >= 0.6 is 23.4 Å². The number of amides is 2. The van der Waals surface area contributed by atoms with E-state index in [0.29, 0.717) is 23.0 Å². The van der Waals surface area contributed by atoms with Crippen LogP contribution in [0.5, 0.6) is 5.75 Å². The van der Waals surface area contributed by atoms with Gasteiger partial charge in [0.1, 0.15) is 5.75 Å². The van der Waals surface area contributed by atoms with E-state index in [-0.39, 0.29) is 24.1 Å². The molecule has 7 heteroatoms. The summed E-state index contributed by atoms with van der Waals surface area (Å²) in [6.45, 7) is 2.29. The van der Waals surface area contributed by atoms with Gasteiger partial charge in [0.15, 0.2) is 0 Å². The maximum Gasteiger partial charge on any atom is 0.243 e. The summed E-state index contributed by atoms with van der Waals surface area (Å²) in [5.41, 5.74) is 0.628. The molecule has 0 saturated carbocycles. The van der Waals surface area contributed by atoms with E-state index in [1.165, 1.54) is 16.7 Å². The van der Waals surface area contributed by atoms with Crippen LogP contribution in [0.15, 0.2) is 53.4 Å². The second kappa shape index (κ2) is 10.1. The fraction of sp³-hybridized carbons (Fsp3) is 0.263. The number of rotatable bonds is 8. The summed E-state index contributed by atoms with van der Waals surface area (Å²) in [6.07, 6.45) is 0. The summed E-state index contributed by atoms with van der Waals surface area (Å²) < 4.78 is 5.13. The van der Waals surface area contributed by atoms with Crippen LogP contribution in [0.4, 0.5) is 5.69 Å². The Morgan fingerprint density at radius 1 is 1.19 bits per heavy atom. The van der Waals surface area contributed by atoms with Crippen LogP contribution in [0.3, 0.4) is 0 Å². The minimum atomic E-state index is -0.254. The minimum absolute atomic E-state index is 0.00434. The van der Waals surface area contributed by atoms with Gasteiger partial charge in [-0.05, 0) is 31.2 Å². The van der Waals surface area contributed by atoms with Crippen molar-refractivity contribution in [2.24, 2.45) is 0 Å². The molecular weight excluding hydrogens is 372 g/mol. The average Bonchev–Trinajstić information content (AvgIpc) is 2.65. The van der Waals surface area contributed by atoms with Gasteiger partial charge in [0, 0.05) is 23.2 Å². The number of carbonyl (C=O) groups excluding carboxylic acids is 2. The lowest BCUT2D eigenvalue weighted by molar-refractivity contribution is -0.132. The van der Waals surface area contributed by atoms with Crippen molar-refractivity contribution >= 4 is 40.9 Å². The second-order valence-corrected chi connectivity index (χ2v) is 6.83. The maximum absolute atomic E-state index is 12.4. The molecule has 0 bridgehead atoms. The van der Waals surface area contributed by atoms with Crippen molar-refractivity contribution in [3.8, 4) is 5.75 Å². The summed E-state index contributed by atoms with van der Waals surface area (Å²) in [5, 5.41) is 3.39. The monoisotopic (exact) mass is 392 g/mol. The maximum atomic E-state index is 12.4. The van der Waals surface area contributed by atoms with E-state index < -0.39 is 0 Å². The SMILES string of the molecule is CCN(CC(=O)Nc1cccc(OC)c1)C(=O)CSc1ccccc1Cl. The Bertz CT molecular complexity index is 770. The number of methoxy groups -OCH3 is 1. The van der Waals surface area contributed by atoms with Crippen molar-refractivity contribution in [1.82, 2.24) is 4.90 Å². The zero-order valence-electron chi connectivity index (χ0n) is 14.7. The number of likely N-dealkylation sites (N-methyl/N-ethyl adjacent to an activating group) is 1. The standard InChI is InChI=1S/C19H21ClN2O3S/c1-3-22(19(24)13-26-17-10-5-4-9-16(17)20)12-18(23)21-14-7-6-8-15(11-14)25-2/h4-11H,3,12-13H2,1-2H3,(H,21,23). The van der Waals surface area contributed by atoms with Crippen LogP contribution in [0.1, 0.15) is 6.92 Å². The molecule has 0 unspecified atom stereocenters. The molecule has 2 aromatic carbocycles. The van der Waals surface area contributed by atoms with Gasteiger partial charge in [-0.3, -0.25) is 9.59 Å². The highest BCUT2D eigenvalue weighted by atomic mass is 35.5. The zero-order chi connectivity index (χ0) is 18.9. The number of hydrogen-bond acceptors (Lipinski definition) is 4. The second-order valence-electron chi connectivity index (χ2n) is 5.41. The van der Waals surface area contributed by atoms with Gasteiger partial charge >= 0.3 is 0 Å². The molecule has 2 aromatic rings. The third kappa shape index (κ3) is 5.97. The Morgan fingerprint density at radius 2 is 1.96 bits per heavy atom. The van der Waals surface area contributed by atoms with Gasteiger partial charge in [0.2, 0.25) is 11.8 Å². The number of nitrogens with zero attached hydrogens (tertiary/aromatic N) is 1. The minimum Gasteiger partial charge on any atom is -0.497 e. The van der Waals surface area contributed by atoms with Crippen molar-refractivity contribution < 1.29 is 14.3 Å². The molecule has 0 aliphatic carbocycles. The molecule has 5 nitrogen and oxygen atoms in total. The van der Waals surface area contributed by atoms with Crippen LogP contribution in [0.2, 0.25) is 5.02 Å². The highest BCUT2D eigenvalue weighted by Crippen LogP contribution is 2.26. The van der Waals surface area contributed by atoms with Crippen molar-refractivity contribution in [3.63, 3.8) is 0 Å². The van der Waals surface area contributed by atoms with Crippen LogP contribution in [0.25, 0.3) is 0 Å². The van der Waals surface area contributed by atoms with E-state index in [4.69, 9.17) is 16.3 Å². The Labute approximate surface area is 162 Å². The highest BCUT2D eigenvalue weighted by Gasteiger charge is 2.16. The molecule has 2 rings (SSSR count). The summed E-state index contributed by atoms with van der Waals surface area (Å²) in [6, 6.07) is 14.4. The zero-order valence-corrected chi connectivity index (χ0v) is 16.3. The highest BCUT2D eigenvalue weighted by molar-refractivity contribution is 8.00. The molecule has 0 radical (unpaired) electrons. The lowest BCUT2D eigenvalue weighted by Gasteiger charge is -2.20. The third-order valence-electron chi connectivity index (χ3n) is 3.61. The summed E-state index contributed by atoms with van der Waals surface area (Å²) in [7, 11) is 1.56. The number of nitrogens with one attached hydrogen (secondary N) is 1. The topological polar surface area (TPSA) is 58.6 Å². The molecule has 26 heavy (non-hydrogen) atoms. The first-order chi connectivity index (χ1) is 12.5. The first-order valence-electron chi connectivity index (χ1n) is 8.12. The van der Waals surface area contributed by atoms with Gasteiger partial charge in [0.25, 0.3) is 0 Å². The van der Waals surface area contributed by atoms with E-state index in [2.05, 4.69) is 5.32 Å². The summed E-state index contributed by atoms with van der Waals surface area (Å²) >= 11 is 7.46. The largest absolute Gasteiger partial charge is 0.497 e. The fourth-order valence-corrected chi connectivity index (χ4v) is 3.39. The van der Waals surface area contributed by atoms with E-state index in [1.54, 1.807) is 37.4 Å². The predicted molar refractivity (Wildman–Crippen MR) is 106 cm³/mol. The number of hydrogen-bond donors (Lipinski definition) is 1. The van der Waals surface area contributed by atoms with E-state index in [9.17, 15) is 9.59 Å². The number of thioether (sulfide) groups is 1. The summed E-state index contributed by atoms with van der Waals surface area (Å²) in [4.78, 5) is 27.0. The van der Waals surface area contributed by atoms with Crippen LogP contribution in [-0.4, -0.2) is 42.7 Å². The number of ether oxygens (including phenoxy) is 1. The van der Waals surface area contributed by atoms with Gasteiger partial charge in [-0.1, -0.05) is 29.8 Å². The normalized spacial score (nSPS) is 10.3. The molecule has 0 aliphatic rings. The Hall–Kier alpha value is -2.18. The molecule has 1 N–H and O–H groups in total. The molecule has 0 atom stereocenters. The molecule has 138 valence electrons. The van der Waals surface area contributed by atoms with Gasteiger partial charge < -0.3 is 15.0 Å². The first kappa shape index (κ1) is 20.1. The van der Waals surface area contributed by atoms with E-state index >= 15 is 0 Å². The number of halogens is 1. The van der Waals surface area contributed by atoms with E-state index in [1.807, 2.05) is 25.1 Å². The van der Waals surface area contributed by atoms with E-state index in [0.717, 1.165) is 4.90 Å². The van der Waals surface area contributed by atoms with Crippen LogP contribution < -0.4 is 10.1 Å². The van der Waals surface area contributed by atoms with Crippen molar-refractivity contribution in [1.29, 1.82) is 0 Å². The number of benzene rings is 2. The lowest BCUT2D eigenvalue weighted by atomic mass is 10.3. The smallest absolute Gasteiger partial charge is 0.243 e. The molecule has 2 amide bonds.